The molecule has 0 fully saturated rings. The maximum absolute atomic E-state index is 12.9. The number of rotatable bonds is 7. The highest BCUT2D eigenvalue weighted by atomic mass is 19.3. The third-order valence-corrected chi connectivity index (χ3v) is 4.77. The Bertz CT molecular complexity index is 994. The van der Waals surface area contributed by atoms with Crippen molar-refractivity contribution in [3.8, 4) is 11.4 Å². The Balaban J connectivity index is 1.82. The molecule has 0 N–H and O–H groups in total. The lowest BCUT2D eigenvalue weighted by Gasteiger charge is -2.11. The summed E-state index contributed by atoms with van der Waals surface area (Å²) in [6.07, 6.45) is 3.77. The number of anilines is 1. The van der Waals surface area contributed by atoms with Gasteiger partial charge in [0.2, 0.25) is 12.3 Å². The first-order valence-electron chi connectivity index (χ1n) is 9.20. The summed E-state index contributed by atoms with van der Waals surface area (Å²) in [5, 5.41) is 0. The Morgan fingerprint density at radius 3 is 2.28 bits per heavy atom. The molecule has 29 heavy (non-hydrogen) atoms. The lowest BCUT2D eigenvalue weighted by molar-refractivity contribution is -0.683. The number of Topliss-reactive ketones (excluding diaryl/α,β-unsaturated/α-hetero) is 1. The summed E-state index contributed by atoms with van der Waals surface area (Å²) in [6, 6.07) is 12.1. The van der Waals surface area contributed by atoms with Gasteiger partial charge in [0, 0.05) is 54.6 Å². The fourth-order valence-electron chi connectivity index (χ4n) is 3.32. The number of carbonyl (C=O) groups excluding carboxylic acids is 1. The van der Waals surface area contributed by atoms with Crippen molar-refractivity contribution in [2.45, 2.75) is 27.0 Å². The van der Waals surface area contributed by atoms with Crippen LogP contribution >= 0.6 is 0 Å². The number of hydrogen-bond donors (Lipinski definition) is 0. The zero-order valence-corrected chi connectivity index (χ0v) is 16.9. The topological polar surface area (TPSA) is 38.3 Å². The van der Waals surface area contributed by atoms with Gasteiger partial charge in [-0.25, -0.2) is 0 Å². The average molecular weight is 400 g/mol. The summed E-state index contributed by atoms with van der Waals surface area (Å²) in [5.41, 5.74) is 4.18. The molecule has 0 spiro atoms. The van der Waals surface area contributed by atoms with E-state index in [4.69, 9.17) is 0 Å². The summed E-state index contributed by atoms with van der Waals surface area (Å²) >= 11 is 0. The highest BCUT2D eigenvalue weighted by Gasteiger charge is 2.20. The summed E-state index contributed by atoms with van der Waals surface area (Å²) < 4.78 is 32.8. The van der Waals surface area contributed by atoms with Crippen molar-refractivity contribution in [3.63, 3.8) is 0 Å². The van der Waals surface area contributed by atoms with Gasteiger partial charge in [-0.2, -0.15) is 13.3 Å². The van der Waals surface area contributed by atoms with Crippen LogP contribution in [0.1, 0.15) is 21.7 Å². The monoisotopic (exact) mass is 400 g/mol. The van der Waals surface area contributed by atoms with Crippen molar-refractivity contribution in [2.75, 3.05) is 19.0 Å². The number of ether oxygens (including phenoxy) is 1. The minimum absolute atomic E-state index is 0.00427. The molecule has 0 aliphatic rings. The van der Waals surface area contributed by atoms with Crippen LogP contribution in [0.5, 0.6) is 5.75 Å². The number of aryl methyl sites for hydroxylation is 1. The summed E-state index contributed by atoms with van der Waals surface area (Å²) in [5.74, 6) is 0.102. The lowest BCUT2D eigenvalue weighted by Crippen LogP contribution is -2.37. The summed E-state index contributed by atoms with van der Waals surface area (Å²) in [6.45, 7) is 1.17. The first-order chi connectivity index (χ1) is 13.8. The SMILES string of the molecule is Cc1cc(C(=O)C[n+]2ccc(N(C)C)cc2)c(C)n1-c1ccc(OC(F)F)cc1. The van der Waals surface area contributed by atoms with Gasteiger partial charge in [-0.05, 0) is 44.2 Å². The number of carbonyl (C=O) groups is 1. The molecule has 7 heteroatoms. The second-order valence-electron chi connectivity index (χ2n) is 7.04. The largest absolute Gasteiger partial charge is 0.435 e. The highest BCUT2D eigenvalue weighted by Crippen LogP contribution is 2.24. The van der Waals surface area contributed by atoms with E-state index in [9.17, 15) is 13.6 Å². The third-order valence-electron chi connectivity index (χ3n) is 4.77. The third kappa shape index (κ3) is 4.62. The van der Waals surface area contributed by atoms with E-state index in [0.29, 0.717) is 5.56 Å². The molecule has 0 amide bonds. The van der Waals surface area contributed by atoms with Crippen molar-refractivity contribution in [3.05, 3.63) is 71.8 Å². The molecule has 3 rings (SSSR count). The number of halogens is 2. The highest BCUT2D eigenvalue weighted by molar-refractivity contribution is 5.96. The zero-order chi connectivity index (χ0) is 21.1. The summed E-state index contributed by atoms with van der Waals surface area (Å²) in [4.78, 5) is 14.9. The number of benzene rings is 1. The molecule has 0 aliphatic carbocycles. The number of pyridine rings is 1. The van der Waals surface area contributed by atoms with Gasteiger partial charge < -0.3 is 14.2 Å². The van der Waals surface area contributed by atoms with Gasteiger partial charge in [-0.15, -0.1) is 0 Å². The van der Waals surface area contributed by atoms with Crippen LogP contribution in [0.3, 0.4) is 0 Å². The van der Waals surface area contributed by atoms with E-state index in [1.165, 1.54) is 12.1 Å². The number of ketones is 1. The maximum atomic E-state index is 12.9. The standard InChI is InChI=1S/C22H24F2N3O2/c1-15-13-20(21(28)14-26-11-9-17(10-12-26)25(3)4)16(2)27(15)18-5-7-19(8-6-18)29-22(23)24/h5-13,22H,14H2,1-4H3/q+1. The Kier molecular flexibility index (Phi) is 5.96. The van der Waals surface area contributed by atoms with Gasteiger partial charge in [-0.3, -0.25) is 4.79 Å². The predicted octanol–water partition coefficient (Wildman–Crippen LogP) is 3.93. The first kappa shape index (κ1) is 20.5. The lowest BCUT2D eigenvalue weighted by atomic mass is 10.1. The van der Waals surface area contributed by atoms with Crippen molar-refractivity contribution in [2.24, 2.45) is 0 Å². The molecule has 0 unspecified atom stereocenters. The van der Waals surface area contributed by atoms with Gasteiger partial charge in [0.05, 0.1) is 0 Å². The van der Waals surface area contributed by atoms with Gasteiger partial charge in [0.1, 0.15) is 5.75 Å². The van der Waals surface area contributed by atoms with E-state index in [-0.39, 0.29) is 18.1 Å². The fraction of sp³-hybridized carbons (Fsp3) is 0.273. The smallest absolute Gasteiger partial charge is 0.387 e. The molecule has 0 aliphatic heterocycles. The molecule has 0 saturated heterocycles. The van der Waals surface area contributed by atoms with Crippen LogP contribution in [-0.2, 0) is 6.54 Å². The van der Waals surface area contributed by atoms with Crippen molar-refractivity contribution < 1.29 is 22.9 Å². The van der Waals surface area contributed by atoms with Crippen molar-refractivity contribution in [1.29, 1.82) is 0 Å². The summed E-state index contributed by atoms with van der Waals surface area (Å²) in [7, 11) is 3.93. The van der Waals surface area contributed by atoms with Gasteiger partial charge in [0.15, 0.2) is 12.4 Å². The van der Waals surface area contributed by atoms with Crippen LogP contribution < -0.4 is 14.2 Å². The zero-order valence-electron chi connectivity index (χ0n) is 16.9. The molecule has 0 saturated carbocycles. The minimum Gasteiger partial charge on any atom is -0.435 e. The molecule has 2 aromatic heterocycles. The van der Waals surface area contributed by atoms with Crippen LogP contribution in [0, 0.1) is 13.8 Å². The van der Waals surface area contributed by atoms with Crippen LogP contribution in [-0.4, -0.2) is 31.1 Å². The van der Waals surface area contributed by atoms with E-state index in [1.807, 2.05) is 72.6 Å². The number of hydrogen-bond acceptors (Lipinski definition) is 3. The van der Waals surface area contributed by atoms with Crippen molar-refractivity contribution >= 4 is 11.5 Å². The first-order valence-corrected chi connectivity index (χ1v) is 9.20. The van der Waals surface area contributed by atoms with Gasteiger partial charge >= 0.3 is 6.61 Å². The predicted molar refractivity (Wildman–Crippen MR) is 107 cm³/mol. The van der Waals surface area contributed by atoms with E-state index in [1.54, 1.807) is 12.1 Å². The number of nitrogens with zero attached hydrogens (tertiary/aromatic N) is 3. The van der Waals surface area contributed by atoms with Gasteiger partial charge in [0.25, 0.3) is 0 Å². The Morgan fingerprint density at radius 2 is 1.72 bits per heavy atom. The molecular formula is C22H24F2N3O2+. The molecule has 3 aromatic rings. The van der Waals surface area contributed by atoms with E-state index >= 15 is 0 Å². The number of alkyl halides is 2. The van der Waals surface area contributed by atoms with E-state index < -0.39 is 6.61 Å². The van der Waals surface area contributed by atoms with E-state index in [2.05, 4.69) is 4.74 Å². The Hall–Kier alpha value is -3.22. The Morgan fingerprint density at radius 1 is 1.10 bits per heavy atom. The van der Waals surface area contributed by atoms with Crippen LogP contribution in [0.2, 0.25) is 0 Å². The normalized spacial score (nSPS) is 11.0. The quantitative estimate of drug-likeness (QED) is 0.446. The van der Waals surface area contributed by atoms with Crippen LogP contribution in [0.25, 0.3) is 5.69 Å². The van der Waals surface area contributed by atoms with Gasteiger partial charge in [-0.1, -0.05) is 0 Å². The molecular weight excluding hydrogens is 376 g/mol. The van der Waals surface area contributed by atoms with Crippen LogP contribution in [0.15, 0.2) is 54.9 Å². The second-order valence-corrected chi connectivity index (χ2v) is 7.04. The molecule has 1 aromatic carbocycles. The molecule has 152 valence electrons. The minimum atomic E-state index is -2.86. The number of aromatic nitrogens is 2. The average Bonchev–Trinajstić information content (AvgIpc) is 2.97. The molecule has 0 atom stereocenters. The van der Waals surface area contributed by atoms with Crippen molar-refractivity contribution in [1.82, 2.24) is 4.57 Å². The van der Waals surface area contributed by atoms with E-state index in [0.717, 1.165) is 22.8 Å². The maximum Gasteiger partial charge on any atom is 0.387 e. The molecule has 2 heterocycles. The van der Waals surface area contributed by atoms with Crippen LogP contribution in [0.4, 0.5) is 14.5 Å². The second kappa shape index (κ2) is 8.43. The molecule has 0 radical (unpaired) electrons. The fourth-order valence-corrected chi connectivity index (χ4v) is 3.32. The molecule has 5 nitrogen and oxygen atoms in total. The molecule has 0 bridgehead atoms. The Labute approximate surface area is 168 Å².